The second-order valence-corrected chi connectivity index (χ2v) is 7.95. The summed E-state index contributed by atoms with van der Waals surface area (Å²) < 4.78 is 0. The summed E-state index contributed by atoms with van der Waals surface area (Å²) in [6.07, 6.45) is 4.08. The van der Waals surface area contributed by atoms with Crippen LogP contribution in [-0.4, -0.2) is 34.7 Å². The number of carbonyl (C=O) groups is 1. The lowest BCUT2D eigenvalue weighted by Crippen LogP contribution is -2.34. The van der Waals surface area contributed by atoms with E-state index in [0.717, 1.165) is 29.5 Å². The Bertz CT molecular complexity index is 735. The maximum atomic E-state index is 12.1. The Morgan fingerprint density at radius 1 is 1.31 bits per heavy atom. The van der Waals surface area contributed by atoms with Crippen LogP contribution in [0.4, 0.5) is 5.82 Å². The number of anilines is 1. The third kappa shape index (κ3) is 5.46. The third-order valence-electron chi connectivity index (χ3n) is 4.57. The Kier molecular flexibility index (Phi) is 6.50. The smallest absolute Gasteiger partial charge is 0.230 e. The molecule has 26 heavy (non-hydrogen) atoms. The van der Waals surface area contributed by atoms with Crippen LogP contribution in [0.1, 0.15) is 30.9 Å². The van der Waals surface area contributed by atoms with Crippen molar-refractivity contribution >= 4 is 23.5 Å². The zero-order valence-electron chi connectivity index (χ0n) is 15.4. The molecule has 1 aliphatic rings. The average Bonchev–Trinajstić information content (AvgIpc) is 2.66. The van der Waals surface area contributed by atoms with E-state index < -0.39 is 0 Å². The predicted molar refractivity (Wildman–Crippen MR) is 106 cm³/mol. The van der Waals surface area contributed by atoms with Crippen LogP contribution < -0.4 is 10.2 Å². The minimum absolute atomic E-state index is 0.0160. The minimum Gasteiger partial charge on any atom is -0.356 e. The molecule has 0 unspecified atom stereocenters. The van der Waals surface area contributed by atoms with Crippen LogP contribution in [0.5, 0.6) is 0 Å². The van der Waals surface area contributed by atoms with Gasteiger partial charge in [0, 0.05) is 25.7 Å². The van der Waals surface area contributed by atoms with Gasteiger partial charge in [0.1, 0.15) is 17.2 Å². The van der Waals surface area contributed by atoms with Gasteiger partial charge in [-0.05, 0) is 31.2 Å². The molecule has 0 bridgehead atoms. The molecular weight excluding hydrogens is 344 g/mol. The van der Waals surface area contributed by atoms with Crippen LogP contribution in [-0.2, 0) is 11.3 Å². The summed E-state index contributed by atoms with van der Waals surface area (Å²) in [5.74, 6) is 2.04. The molecule has 138 valence electrons. The number of benzene rings is 1. The third-order valence-corrected chi connectivity index (χ3v) is 5.50. The number of thioether (sulfide) groups is 1. The van der Waals surface area contributed by atoms with Crippen molar-refractivity contribution in [1.29, 1.82) is 0 Å². The van der Waals surface area contributed by atoms with Gasteiger partial charge in [-0.1, -0.05) is 48.5 Å². The lowest BCUT2D eigenvalue weighted by atomic mass is 10.0. The molecule has 1 aromatic heterocycles. The zero-order valence-corrected chi connectivity index (χ0v) is 16.3. The topological polar surface area (TPSA) is 58.1 Å². The molecule has 5 nitrogen and oxygen atoms in total. The highest BCUT2D eigenvalue weighted by Gasteiger charge is 2.18. The van der Waals surface area contributed by atoms with E-state index in [1.807, 2.05) is 18.2 Å². The molecule has 0 spiro atoms. The van der Waals surface area contributed by atoms with Gasteiger partial charge in [0.2, 0.25) is 5.91 Å². The fourth-order valence-electron chi connectivity index (χ4n) is 3.08. The average molecular weight is 371 g/mol. The molecule has 1 saturated heterocycles. The molecule has 1 aliphatic heterocycles. The van der Waals surface area contributed by atoms with E-state index in [4.69, 9.17) is 0 Å². The summed E-state index contributed by atoms with van der Waals surface area (Å²) in [5, 5.41) is 3.80. The van der Waals surface area contributed by atoms with Crippen molar-refractivity contribution in [1.82, 2.24) is 15.3 Å². The molecule has 1 fully saturated rings. The van der Waals surface area contributed by atoms with Gasteiger partial charge in [-0.2, -0.15) is 0 Å². The van der Waals surface area contributed by atoms with Crippen molar-refractivity contribution in [3.8, 4) is 0 Å². The molecule has 6 heteroatoms. The van der Waals surface area contributed by atoms with E-state index in [1.54, 1.807) is 6.33 Å². The van der Waals surface area contributed by atoms with E-state index >= 15 is 0 Å². The first-order valence-corrected chi connectivity index (χ1v) is 10.1. The molecule has 3 rings (SSSR count). The second kappa shape index (κ2) is 9.03. The first kappa shape index (κ1) is 18.7. The Labute approximate surface area is 159 Å². The van der Waals surface area contributed by atoms with E-state index in [9.17, 15) is 4.79 Å². The van der Waals surface area contributed by atoms with E-state index in [-0.39, 0.29) is 5.91 Å². The van der Waals surface area contributed by atoms with Crippen LogP contribution in [0.25, 0.3) is 0 Å². The highest BCUT2D eigenvalue weighted by Crippen LogP contribution is 2.24. The van der Waals surface area contributed by atoms with Crippen molar-refractivity contribution in [2.45, 2.75) is 38.3 Å². The van der Waals surface area contributed by atoms with Gasteiger partial charge >= 0.3 is 0 Å². The number of piperidine rings is 1. The maximum Gasteiger partial charge on any atom is 0.230 e. The first-order chi connectivity index (χ1) is 12.6. The lowest BCUT2D eigenvalue weighted by molar-refractivity contribution is -0.118. The summed E-state index contributed by atoms with van der Waals surface area (Å²) in [4.78, 5) is 23.1. The SMILES string of the molecule is Cc1ccc(CNC(=O)CSc2cc(N3CCC[C@H](C)C3)ncn2)cc1. The quantitative estimate of drug-likeness (QED) is 0.624. The monoisotopic (exact) mass is 370 g/mol. The number of amides is 1. The molecule has 2 heterocycles. The number of nitrogens with one attached hydrogen (secondary N) is 1. The van der Waals surface area contributed by atoms with Gasteiger partial charge in [0.25, 0.3) is 0 Å². The van der Waals surface area contributed by atoms with Crippen LogP contribution in [0, 0.1) is 12.8 Å². The number of hydrogen-bond donors (Lipinski definition) is 1. The molecule has 1 amide bonds. The number of carbonyl (C=O) groups excluding carboxylic acids is 1. The Balaban J connectivity index is 1.48. The zero-order chi connectivity index (χ0) is 18.4. The minimum atomic E-state index is 0.0160. The predicted octanol–water partition coefficient (Wildman–Crippen LogP) is 3.43. The van der Waals surface area contributed by atoms with Crippen LogP contribution >= 0.6 is 11.8 Å². The Hall–Kier alpha value is -2.08. The normalized spacial score (nSPS) is 17.2. The van der Waals surface area contributed by atoms with Gasteiger partial charge < -0.3 is 10.2 Å². The fourth-order valence-corrected chi connectivity index (χ4v) is 3.77. The summed E-state index contributed by atoms with van der Waals surface area (Å²) in [6.45, 7) is 6.97. The van der Waals surface area contributed by atoms with Crippen LogP contribution in [0.2, 0.25) is 0 Å². The molecule has 0 radical (unpaired) electrons. The molecule has 1 aromatic carbocycles. The highest BCUT2D eigenvalue weighted by molar-refractivity contribution is 7.99. The summed E-state index contributed by atoms with van der Waals surface area (Å²) in [7, 11) is 0. The van der Waals surface area contributed by atoms with Gasteiger partial charge in [0.05, 0.1) is 5.75 Å². The first-order valence-electron chi connectivity index (χ1n) is 9.12. The van der Waals surface area contributed by atoms with Gasteiger partial charge in [-0.15, -0.1) is 0 Å². The molecule has 2 aromatic rings. The summed E-state index contributed by atoms with van der Waals surface area (Å²) in [6, 6.07) is 10.2. The van der Waals surface area contributed by atoms with E-state index in [1.165, 1.54) is 30.2 Å². The van der Waals surface area contributed by atoms with Crippen molar-refractivity contribution in [3.05, 3.63) is 47.8 Å². The van der Waals surface area contributed by atoms with Gasteiger partial charge in [-0.3, -0.25) is 4.79 Å². The van der Waals surface area contributed by atoms with Crippen molar-refractivity contribution < 1.29 is 4.79 Å². The Morgan fingerprint density at radius 3 is 2.88 bits per heavy atom. The highest BCUT2D eigenvalue weighted by atomic mass is 32.2. The number of nitrogens with zero attached hydrogens (tertiary/aromatic N) is 3. The summed E-state index contributed by atoms with van der Waals surface area (Å²) >= 11 is 1.46. The van der Waals surface area contributed by atoms with Crippen LogP contribution in [0.3, 0.4) is 0 Å². The van der Waals surface area contributed by atoms with Crippen molar-refractivity contribution in [2.75, 3.05) is 23.7 Å². The summed E-state index contributed by atoms with van der Waals surface area (Å²) in [5.41, 5.74) is 2.33. The number of hydrogen-bond acceptors (Lipinski definition) is 5. The molecule has 0 aliphatic carbocycles. The molecular formula is C20H26N4OS. The second-order valence-electron chi connectivity index (χ2n) is 6.96. The number of aromatic nitrogens is 2. The fraction of sp³-hybridized carbons (Fsp3) is 0.450. The maximum absolute atomic E-state index is 12.1. The van der Waals surface area contributed by atoms with Gasteiger partial charge in [0.15, 0.2) is 0 Å². The van der Waals surface area contributed by atoms with Gasteiger partial charge in [-0.25, -0.2) is 9.97 Å². The van der Waals surface area contributed by atoms with E-state index in [0.29, 0.717) is 18.2 Å². The van der Waals surface area contributed by atoms with E-state index in [2.05, 4.69) is 46.2 Å². The van der Waals surface area contributed by atoms with Crippen LogP contribution in [0.15, 0.2) is 41.7 Å². The number of rotatable bonds is 6. The Morgan fingerprint density at radius 2 is 2.12 bits per heavy atom. The lowest BCUT2D eigenvalue weighted by Gasteiger charge is -2.31. The van der Waals surface area contributed by atoms with Crippen molar-refractivity contribution in [2.24, 2.45) is 5.92 Å². The molecule has 0 saturated carbocycles. The van der Waals surface area contributed by atoms with Crippen molar-refractivity contribution in [3.63, 3.8) is 0 Å². The standard InChI is InChI=1S/C20H26N4OS/c1-15-5-7-17(8-6-15)11-21-19(25)13-26-20-10-18(22-14-23-20)24-9-3-4-16(2)12-24/h5-8,10,14,16H,3-4,9,11-13H2,1-2H3,(H,21,25)/t16-/m0/s1. The molecule has 1 N–H and O–H groups in total. The largest absolute Gasteiger partial charge is 0.356 e. The molecule has 1 atom stereocenters. The number of aryl methyl sites for hydroxylation is 1.